The number of carbonyl (C=O) groups excluding carboxylic acids is 1. The fourth-order valence-electron chi connectivity index (χ4n) is 3.22. The van der Waals surface area contributed by atoms with Crippen molar-refractivity contribution in [2.45, 2.75) is 25.4 Å². The first-order valence-corrected chi connectivity index (χ1v) is 6.64. The van der Waals surface area contributed by atoms with E-state index in [-0.39, 0.29) is 23.8 Å². The third-order valence-corrected chi connectivity index (χ3v) is 4.20. The number of rotatable bonds is 1. The number of aromatic nitrogens is 1. The molecule has 2 atom stereocenters. The molecule has 3 rings (SSSR count). The second kappa shape index (κ2) is 4.69. The van der Waals surface area contributed by atoms with Gasteiger partial charge in [-0.25, -0.2) is 0 Å². The van der Waals surface area contributed by atoms with E-state index >= 15 is 0 Å². The molecule has 1 amide bonds. The predicted molar refractivity (Wildman–Crippen MR) is 67.0 cm³/mol. The Morgan fingerprint density at radius 2 is 2.00 bits per heavy atom. The number of piperidine rings is 1. The van der Waals surface area contributed by atoms with Gasteiger partial charge in [0.1, 0.15) is 5.69 Å². The third kappa shape index (κ3) is 2.01. The van der Waals surface area contributed by atoms with Crippen LogP contribution in [0.2, 0.25) is 0 Å². The van der Waals surface area contributed by atoms with Crippen LogP contribution in [0.15, 0.2) is 24.4 Å². The minimum atomic E-state index is -0.216. The van der Waals surface area contributed by atoms with Crippen LogP contribution < -0.4 is 0 Å². The molecular formula is C14H18N2O2. The van der Waals surface area contributed by atoms with Crippen molar-refractivity contribution in [3.8, 4) is 0 Å². The van der Waals surface area contributed by atoms with Gasteiger partial charge in [-0.1, -0.05) is 12.5 Å². The number of fused-ring (bicyclic) bond motifs is 2. The molecule has 2 aliphatic rings. The Kier molecular flexibility index (Phi) is 3.04. The van der Waals surface area contributed by atoms with E-state index in [9.17, 15) is 9.90 Å². The number of pyridine rings is 1. The van der Waals surface area contributed by atoms with E-state index in [2.05, 4.69) is 4.98 Å². The van der Waals surface area contributed by atoms with E-state index in [0.717, 1.165) is 12.8 Å². The molecule has 1 aromatic heterocycles. The van der Waals surface area contributed by atoms with E-state index in [0.29, 0.717) is 18.8 Å². The smallest absolute Gasteiger partial charge is 0.272 e. The Bertz CT molecular complexity index is 421. The standard InChI is InChI=1S/C14H18N2O2/c17-13-10-4-3-5-11(13)9-16(8-10)14(18)12-6-1-2-7-15-12/h1-2,6-7,10-11,13,17H,3-5,8-9H2. The second-order valence-corrected chi connectivity index (χ2v) is 5.37. The van der Waals surface area contributed by atoms with Crippen molar-refractivity contribution in [1.82, 2.24) is 9.88 Å². The van der Waals surface area contributed by atoms with Gasteiger partial charge in [0.2, 0.25) is 0 Å². The van der Waals surface area contributed by atoms with Crippen LogP contribution in [0.4, 0.5) is 0 Å². The molecule has 0 spiro atoms. The van der Waals surface area contributed by atoms with Gasteiger partial charge in [0.15, 0.2) is 0 Å². The molecule has 2 unspecified atom stereocenters. The molecule has 2 heterocycles. The van der Waals surface area contributed by atoms with Crippen LogP contribution in [-0.4, -0.2) is 40.1 Å². The highest BCUT2D eigenvalue weighted by molar-refractivity contribution is 5.92. The zero-order valence-electron chi connectivity index (χ0n) is 10.3. The van der Waals surface area contributed by atoms with Gasteiger partial charge in [-0.05, 0) is 25.0 Å². The fourth-order valence-corrected chi connectivity index (χ4v) is 3.22. The van der Waals surface area contributed by atoms with Crippen molar-refractivity contribution in [2.75, 3.05) is 13.1 Å². The maximum atomic E-state index is 12.3. The number of carbonyl (C=O) groups is 1. The Balaban J connectivity index is 1.76. The van der Waals surface area contributed by atoms with Crippen LogP contribution in [0.5, 0.6) is 0 Å². The predicted octanol–water partition coefficient (Wildman–Crippen LogP) is 1.31. The number of amides is 1. The molecule has 2 fully saturated rings. The largest absolute Gasteiger partial charge is 0.392 e. The lowest BCUT2D eigenvalue weighted by Crippen LogP contribution is -2.53. The summed E-state index contributed by atoms with van der Waals surface area (Å²) in [5.74, 6) is 0.509. The average molecular weight is 246 g/mol. The van der Waals surface area contributed by atoms with Gasteiger partial charge in [0.25, 0.3) is 5.91 Å². The molecule has 1 saturated heterocycles. The summed E-state index contributed by atoms with van der Waals surface area (Å²) in [6.45, 7) is 1.35. The molecule has 1 saturated carbocycles. The van der Waals surface area contributed by atoms with Crippen LogP contribution in [0.1, 0.15) is 29.8 Å². The van der Waals surface area contributed by atoms with Crippen molar-refractivity contribution < 1.29 is 9.90 Å². The van der Waals surface area contributed by atoms with Crippen molar-refractivity contribution in [3.63, 3.8) is 0 Å². The van der Waals surface area contributed by atoms with Gasteiger partial charge in [-0.3, -0.25) is 9.78 Å². The molecule has 1 aliphatic heterocycles. The molecule has 18 heavy (non-hydrogen) atoms. The van der Waals surface area contributed by atoms with Gasteiger partial charge in [-0.15, -0.1) is 0 Å². The molecule has 96 valence electrons. The molecule has 0 radical (unpaired) electrons. The third-order valence-electron chi connectivity index (χ3n) is 4.20. The summed E-state index contributed by atoms with van der Waals surface area (Å²) >= 11 is 0. The number of nitrogens with zero attached hydrogens (tertiary/aromatic N) is 2. The van der Waals surface area contributed by atoms with Crippen LogP contribution >= 0.6 is 0 Å². The Hall–Kier alpha value is -1.42. The minimum absolute atomic E-state index is 0.000556. The molecular weight excluding hydrogens is 228 g/mol. The van der Waals surface area contributed by atoms with Crippen molar-refractivity contribution >= 4 is 5.91 Å². The Morgan fingerprint density at radius 1 is 1.28 bits per heavy atom. The SMILES string of the molecule is O=C(c1ccccn1)N1CC2CCCC(C1)C2O. The van der Waals surface area contributed by atoms with Crippen LogP contribution in [0, 0.1) is 11.8 Å². The second-order valence-electron chi connectivity index (χ2n) is 5.37. The molecule has 4 heteroatoms. The molecule has 2 bridgehead atoms. The van der Waals surface area contributed by atoms with Crippen molar-refractivity contribution in [1.29, 1.82) is 0 Å². The average Bonchev–Trinajstić information content (AvgIpc) is 2.38. The normalized spacial score (nSPS) is 31.2. The Labute approximate surface area is 107 Å². The zero-order valence-corrected chi connectivity index (χ0v) is 10.3. The quantitative estimate of drug-likeness (QED) is 0.813. The topological polar surface area (TPSA) is 53.4 Å². The summed E-state index contributed by atoms with van der Waals surface area (Å²) in [6, 6.07) is 5.40. The summed E-state index contributed by atoms with van der Waals surface area (Å²) < 4.78 is 0. The minimum Gasteiger partial charge on any atom is -0.392 e. The first-order chi connectivity index (χ1) is 8.75. The van der Waals surface area contributed by atoms with Crippen LogP contribution in [-0.2, 0) is 0 Å². The number of likely N-dealkylation sites (tertiary alicyclic amines) is 1. The van der Waals surface area contributed by atoms with Crippen LogP contribution in [0.25, 0.3) is 0 Å². The van der Waals surface area contributed by atoms with Gasteiger partial charge in [0, 0.05) is 31.1 Å². The van der Waals surface area contributed by atoms with E-state index < -0.39 is 0 Å². The highest BCUT2D eigenvalue weighted by atomic mass is 16.3. The number of aliphatic hydroxyl groups excluding tert-OH is 1. The van der Waals surface area contributed by atoms with E-state index in [4.69, 9.17) is 0 Å². The van der Waals surface area contributed by atoms with E-state index in [1.165, 1.54) is 6.42 Å². The van der Waals surface area contributed by atoms with Gasteiger partial charge in [-0.2, -0.15) is 0 Å². The highest BCUT2D eigenvalue weighted by Gasteiger charge is 2.40. The summed E-state index contributed by atoms with van der Waals surface area (Å²) in [6.07, 6.45) is 4.67. The summed E-state index contributed by atoms with van der Waals surface area (Å²) in [5, 5.41) is 10.1. The highest BCUT2D eigenvalue weighted by Crippen LogP contribution is 2.35. The number of hydrogen-bond acceptors (Lipinski definition) is 3. The van der Waals surface area contributed by atoms with Gasteiger partial charge < -0.3 is 10.0 Å². The molecule has 4 nitrogen and oxygen atoms in total. The summed E-state index contributed by atoms with van der Waals surface area (Å²) in [4.78, 5) is 18.3. The first kappa shape index (κ1) is 11.7. The van der Waals surface area contributed by atoms with Crippen LogP contribution in [0.3, 0.4) is 0 Å². The van der Waals surface area contributed by atoms with Crippen molar-refractivity contribution in [2.24, 2.45) is 11.8 Å². The van der Waals surface area contributed by atoms with E-state index in [1.54, 1.807) is 12.3 Å². The maximum Gasteiger partial charge on any atom is 0.272 e. The Morgan fingerprint density at radius 3 is 2.61 bits per heavy atom. The lowest BCUT2D eigenvalue weighted by atomic mass is 9.75. The maximum absolute atomic E-state index is 12.3. The number of hydrogen-bond donors (Lipinski definition) is 1. The molecule has 1 aromatic rings. The molecule has 1 aliphatic carbocycles. The van der Waals surface area contributed by atoms with Crippen molar-refractivity contribution in [3.05, 3.63) is 30.1 Å². The fraction of sp³-hybridized carbons (Fsp3) is 0.571. The lowest BCUT2D eigenvalue weighted by Gasteiger charge is -2.44. The monoisotopic (exact) mass is 246 g/mol. The molecule has 1 N–H and O–H groups in total. The lowest BCUT2D eigenvalue weighted by molar-refractivity contribution is -0.0414. The molecule has 0 aromatic carbocycles. The summed E-state index contributed by atoms with van der Waals surface area (Å²) in [7, 11) is 0. The zero-order chi connectivity index (χ0) is 12.5. The first-order valence-electron chi connectivity index (χ1n) is 6.64. The summed E-state index contributed by atoms with van der Waals surface area (Å²) in [5.41, 5.74) is 0.506. The number of aliphatic hydroxyl groups is 1. The van der Waals surface area contributed by atoms with E-state index in [1.807, 2.05) is 17.0 Å². The van der Waals surface area contributed by atoms with Gasteiger partial charge >= 0.3 is 0 Å². The van der Waals surface area contributed by atoms with Gasteiger partial charge in [0.05, 0.1) is 6.10 Å².